The molecule has 1 fully saturated rings. The molecule has 0 spiro atoms. The second-order valence-electron chi connectivity index (χ2n) is 9.00. The molecular formula is C28H27N5O4. The molecule has 9 heteroatoms. The van der Waals surface area contributed by atoms with E-state index in [4.69, 9.17) is 5.73 Å². The van der Waals surface area contributed by atoms with Crippen LogP contribution in [0.15, 0.2) is 79.0 Å². The molecule has 1 aliphatic heterocycles. The number of urea groups is 1. The maximum atomic E-state index is 13.3. The number of fused-ring (bicyclic) bond motifs is 1. The smallest absolute Gasteiger partial charge is 0.331 e. The first-order valence-corrected chi connectivity index (χ1v) is 12.0. The van der Waals surface area contributed by atoms with Gasteiger partial charge in [-0.3, -0.25) is 4.79 Å². The Bertz CT molecular complexity index is 1470. The number of anilines is 2. The van der Waals surface area contributed by atoms with Gasteiger partial charge in [-0.25, -0.2) is 14.5 Å². The molecular weight excluding hydrogens is 470 g/mol. The average Bonchev–Trinajstić information content (AvgIpc) is 3.40. The molecule has 0 saturated carbocycles. The zero-order valence-corrected chi connectivity index (χ0v) is 20.0. The first-order valence-electron chi connectivity index (χ1n) is 12.0. The van der Waals surface area contributed by atoms with Crippen LogP contribution in [-0.4, -0.2) is 45.5 Å². The number of benzene rings is 3. The number of aliphatic carboxylic acids is 1. The van der Waals surface area contributed by atoms with Crippen LogP contribution in [-0.2, 0) is 22.4 Å². The molecule has 2 atom stereocenters. The Kier molecular flexibility index (Phi) is 6.61. The van der Waals surface area contributed by atoms with Gasteiger partial charge in [0.1, 0.15) is 6.04 Å². The summed E-state index contributed by atoms with van der Waals surface area (Å²) >= 11 is 0. The normalized spacial score (nSPS) is 16.1. The van der Waals surface area contributed by atoms with Crippen LogP contribution in [0, 0.1) is 0 Å². The molecule has 188 valence electrons. The number of carbonyl (C=O) groups is 3. The molecule has 37 heavy (non-hydrogen) atoms. The summed E-state index contributed by atoms with van der Waals surface area (Å²) in [4.78, 5) is 42.6. The van der Waals surface area contributed by atoms with Crippen LogP contribution in [0.4, 0.5) is 16.2 Å². The SMILES string of the molecule is NCCc1c[nH]c2ccc(CC3NC(=O)N(C(C(=O)O)c4cccc(Nc5ccccc5)c4)C3=O)cc12. The molecule has 9 nitrogen and oxygen atoms in total. The maximum Gasteiger partial charge on any atom is 0.331 e. The summed E-state index contributed by atoms with van der Waals surface area (Å²) in [6, 6.07) is 18.9. The third kappa shape index (κ3) is 4.89. The maximum absolute atomic E-state index is 13.3. The quantitative estimate of drug-likeness (QED) is 0.223. The Hall–Kier alpha value is -4.63. The summed E-state index contributed by atoms with van der Waals surface area (Å²) in [5.41, 5.74) is 10.4. The second kappa shape index (κ2) is 10.2. The van der Waals surface area contributed by atoms with Crippen molar-refractivity contribution < 1.29 is 19.5 Å². The molecule has 2 heterocycles. The minimum atomic E-state index is -1.46. The van der Waals surface area contributed by atoms with Crippen molar-refractivity contribution in [2.75, 3.05) is 11.9 Å². The average molecular weight is 498 g/mol. The van der Waals surface area contributed by atoms with E-state index in [0.717, 1.165) is 39.0 Å². The molecule has 2 unspecified atom stereocenters. The van der Waals surface area contributed by atoms with Gasteiger partial charge >= 0.3 is 12.0 Å². The first-order chi connectivity index (χ1) is 17.9. The van der Waals surface area contributed by atoms with Gasteiger partial charge in [0.05, 0.1) is 0 Å². The highest BCUT2D eigenvalue weighted by molar-refractivity contribution is 6.07. The zero-order chi connectivity index (χ0) is 25.9. The van der Waals surface area contributed by atoms with Crippen molar-refractivity contribution in [2.45, 2.75) is 24.9 Å². The zero-order valence-electron chi connectivity index (χ0n) is 20.0. The number of H-pyrrole nitrogens is 1. The van der Waals surface area contributed by atoms with Crippen molar-refractivity contribution in [3.8, 4) is 0 Å². The summed E-state index contributed by atoms with van der Waals surface area (Å²) in [7, 11) is 0. The highest BCUT2D eigenvalue weighted by atomic mass is 16.4. The van der Waals surface area contributed by atoms with Gasteiger partial charge in [0, 0.05) is 34.9 Å². The fourth-order valence-electron chi connectivity index (χ4n) is 4.76. The summed E-state index contributed by atoms with van der Waals surface area (Å²) in [6.07, 6.45) is 2.88. The van der Waals surface area contributed by atoms with Gasteiger partial charge < -0.3 is 26.5 Å². The number of aromatic nitrogens is 1. The molecule has 3 aromatic carbocycles. The Labute approximate surface area is 213 Å². The number of carbonyl (C=O) groups excluding carboxylic acids is 2. The Morgan fingerprint density at radius 2 is 1.81 bits per heavy atom. The van der Waals surface area contributed by atoms with Crippen LogP contribution in [0.1, 0.15) is 22.7 Å². The van der Waals surface area contributed by atoms with E-state index >= 15 is 0 Å². The molecule has 3 amide bonds. The third-order valence-electron chi connectivity index (χ3n) is 6.49. The fraction of sp³-hybridized carbons (Fsp3) is 0.179. The number of rotatable bonds is 9. The molecule has 1 aliphatic rings. The van der Waals surface area contributed by atoms with Crippen LogP contribution in [0.5, 0.6) is 0 Å². The van der Waals surface area contributed by atoms with Crippen molar-refractivity contribution >= 4 is 40.2 Å². The number of hydrogen-bond donors (Lipinski definition) is 5. The Morgan fingerprint density at radius 1 is 1.03 bits per heavy atom. The van der Waals surface area contributed by atoms with Crippen LogP contribution >= 0.6 is 0 Å². The number of para-hydroxylation sites is 1. The number of aromatic amines is 1. The van der Waals surface area contributed by atoms with Gasteiger partial charge in [-0.05, 0) is 66.1 Å². The van der Waals surface area contributed by atoms with Crippen molar-refractivity contribution in [3.05, 3.63) is 95.7 Å². The van der Waals surface area contributed by atoms with Gasteiger partial charge in [-0.15, -0.1) is 0 Å². The minimum Gasteiger partial charge on any atom is -0.479 e. The summed E-state index contributed by atoms with van der Waals surface area (Å²) in [6.45, 7) is 0.516. The lowest BCUT2D eigenvalue weighted by Gasteiger charge is -2.22. The van der Waals surface area contributed by atoms with Gasteiger partial charge in [-0.2, -0.15) is 0 Å². The number of carboxylic acid groups (broad SMARTS) is 1. The Balaban J connectivity index is 1.38. The lowest BCUT2D eigenvalue weighted by molar-refractivity contribution is -0.147. The summed E-state index contributed by atoms with van der Waals surface area (Å²) in [5.74, 6) is -1.86. The molecule has 6 N–H and O–H groups in total. The monoisotopic (exact) mass is 497 g/mol. The van der Waals surface area contributed by atoms with Gasteiger partial charge in [0.15, 0.2) is 6.04 Å². The number of nitrogens with one attached hydrogen (secondary N) is 3. The summed E-state index contributed by atoms with van der Waals surface area (Å²) < 4.78 is 0. The highest BCUT2D eigenvalue weighted by Gasteiger charge is 2.45. The number of nitrogens with zero attached hydrogens (tertiary/aromatic N) is 1. The van der Waals surface area contributed by atoms with Gasteiger partial charge in [0.2, 0.25) is 0 Å². The van der Waals surface area contributed by atoms with Gasteiger partial charge in [-0.1, -0.05) is 36.4 Å². The van der Waals surface area contributed by atoms with E-state index in [1.165, 1.54) is 0 Å². The van der Waals surface area contributed by atoms with Crippen LogP contribution in [0.25, 0.3) is 10.9 Å². The number of carboxylic acids is 1. The van der Waals surface area contributed by atoms with Crippen molar-refractivity contribution in [2.24, 2.45) is 5.73 Å². The molecule has 0 aliphatic carbocycles. The highest BCUT2D eigenvalue weighted by Crippen LogP contribution is 2.29. The lowest BCUT2D eigenvalue weighted by Crippen LogP contribution is -2.39. The minimum absolute atomic E-state index is 0.242. The topological polar surface area (TPSA) is 141 Å². The predicted octanol–water partition coefficient (Wildman–Crippen LogP) is 3.70. The third-order valence-corrected chi connectivity index (χ3v) is 6.49. The van der Waals surface area contributed by atoms with Crippen LogP contribution in [0.3, 0.4) is 0 Å². The fourth-order valence-corrected chi connectivity index (χ4v) is 4.76. The molecule has 1 saturated heterocycles. The first kappa shape index (κ1) is 24.1. The molecule has 0 radical (unpaired) electrons. The lowest BCUT2D eigenvalue weighted by atomic mass is 10.0. The standard InChI is InChI=1S/C28H27N5O4/c29-12-11-19-16-30-23-10-9-17(13-22(19)23)14-24-26(34)33(28(37)32-24)25(27(35)36)18-5-4-8-21(15-18)31-20-6-2-1-3-7-20/h1-10,13,15-16,24-25,30-31H,11-12,14,29H2,(H,32,37)(H,35,36). The van der Waals surface area contributed by atoms with E-state index in [9.17, 15) is 19.5 Å². The number of nitrogens with two attached hydrogens (primary N) is 1. The van der Waals surface area contributed by atoms with Crippen LogP contribution < -0.4 is 16.4 Å². The molecule has 4 aromatic rings. The van der Waals surface area contributed by atoms with Gasteiger partial charge in [0.25, 0.3) is 5.91 Å². The van der Waals surface area contributed by atoms with Crippen molar-refractivity contribution in [1.29, 1.82) is 0 Å². The van der Waals surface area contributed by atoms with E-state index < -0.39 is 30.0 Å². The predicted molar refractivity (Wildman–Crippen MR) is 140 cm³/mol. The second-order valence-corrected chi connectivity index (χ2v) is 9.00. The number of amides is 3. The molecule has 0 bridgehead atoms. The van der Waals surface area contributed by atoms with E-state index in [-0.39, 0.29) is 6.42 Å². The number of hydrogen-bond acceptors (Lipinski definition) is 5. The molecule has 5 rings (SSSR count). The van der Waals surface area contributed by atoms with Crippen LogP contribution in [0.2, 0.25) is 0 Å². The van der Waals surface area contributed by atoms with E-state index in [1.54, 1.807) is 24.3 Å². The molecule has 1 aromatic heterocycles. The largest absolute Gasteiger partial charge is 0.479 e. The van der Waals surface area contributed by atoms with E-state index in [1.807, 2.05) is 54.7 Å². The van der Waals surface area contributed by atoms with Crippen molar-refractivity contribution in [3.63, 3.8) is 0 Å². The summed E-state index contributed by atoms with van der Waals surface area (Å²) in [5, 5.41) is 16.9. The van der Waals surface area contributed by atoms with E-state index in [0.29, 0.717) is 17.8 Å². The van der Waals surface area contributed by atoms with E-state index in [2.05, 4.69) is 15.6 Å². The van der Waals surface area contributed by atoms with Crippen molar-refractivity contribution in [1.82, 2.24) is 15.2 Å². The number of imide groups is 1. The Morgan fingerprint density at radius 3 is 2.57 bits per heavy atom.